The van der Waals surface area contributed by atoms with E-state index in [0.717, 1.165) is 37.9 Å². The summed E-state index contributed by atoms with van der Waals surface area (Å²) in [6.07, 6.45) is 1.80. The number of hydrogen-bond donors (Lipinski definition) is 0. The molecule has 2 aliphatic heterocycles. The highest BCUT2D eigenvalue weighted by Crippen LogP contribution is 2.21. The molecule has 0 N–H and O–H groups in total. The van der Waals surface area contributed by atoms with Gasteiger partial charge in [-0.25, -0.2) is 4.98 Å². The Morgan fingerprint density at radius 1 is 0.963 bits per heavy atom. The zero-order valence-electron chi connectivity index (χ0n) is 15.1. The lowest BCUT2D eigenvalue weighted by molar-refractivity contribution is 0.0746. The van der Waals surface area contributed by atoms with Crippen LogP contribution in [0.3, 0.4) is 0 Å². The second kappa shape index (κ2) is 8.10. The molecule has 0 bridgehead atoms. The highest BCUT2D eigenvalue weighted by atomic mass is 35.5. The van der Waals surface area contributed by atoms with Crippen molar-refractivity contribution in [2.45, 2.75) is 0 Å². The van der Waals surface area contributed by atoms with Crippen molar-refractivity contribution in [2.75, 3.05) is 62.3 Å². The normalized spacial score (nSPS) is 17.9. The van der Waals surface area contributed by atoms with Crippen molar-refractivity contribution in [1.29, 1.82) is 0 Å². The molecule has 2 fully saturated rings. The number of ether oxygens (including phenoxy) is 1. The van der Waals surface area contributed by atoms with Gasteiger partial charge in [-0.05, 0) is 18.2 Å². The first-order valence-electron chi connectivity index (χ1n) is 9.17. The van der Waals surface area contributed by atoms with Gasteiger partial charge in [-0.3, -0.25) is 4.79 Å². The molecule has 4 rings (SSSR count). The van der Waals surface area contributed by atoms with Gasteiger partial charge in [-0.15, -0.1) is 0 Å². The number of halogens is 1. The smallest absolute Gasteiger partial charge is 0.255 e. The monoisotopic (exact) mass is 387 g/mol. The average molecular weight is 388 g/mol. The number of benzene rings is 1. The largest absolute Gasteiger partial charge is 0.378 e. The second-order valence-electron chi connectivity index (χ2n) is 6.57. The van der Waals surface area contributed by atoms with Crippen LogP contribution in [0.2, 0.25) is 5.02 Å². The first kappa shape index (κ1) is 18.0. The predicted molar refractivity (Wildman–Crippen MR) is 105 cm³/mol. The van der Waals surface area contributed by atoms with Gasteiger partial charge in [-0.2, -0.15) is 4.98 Å². The molecule has 0 saturated carbocycles. The van der Waals surface area contributed by atoms with Gasteiger partial charge in [0.15, 0.2) is 0 Å². The van der Waals surface area contributed by atoms with Crippen LogP contribution in [0, 0.1) is 0 Å². The minimum Gasteiger partial charge on any atom is -0.378 e. The molecular weight excluding hydrogens is 366 g/mol. The first-order chi connectivity index (χ1) is 13.2. The van der Waals surface area contributed by atoms with Crippen molar-refractivity contribution in [3.05, 3.63) is 47.1 Å². The first-order valence-corrected chi connectivity index (χ1v) is 9.54. The molecule has 1 aromatic carbocycles. The average Bonchev–Trinajstić information content (AvgIpc) is 2.74. The number of nitrogens with zero attached hydrogens (tertiary/aromatic N) is 5. The van der Waals surface area contributed by atoms with Crippen LogP contribution < -0.4 is 9.80 Å². The van der Waals surface area contributed by atoms with E-state index < -0.39 is 0 Å². The van der Waals surface area contributed by atoms with E-state index in [2.05, 4.69) is 14.8 Å². The lowest BCUT2D eigenvalue weighted by atomic mass is 10.2. The molecule has 2 aliphatic rings. The molecule has 0 aliphatic carbocycles. The molecule has 0 unspecified atom stereocenters. The third-order valence-corrected chi connectivity index (χ3v) is 5.25. The molecular formula is C19H22ClN5O2. The lowest BCUT2D eigenvalue weighted by Gasteiger charge is -2.36. The zero-order valence-corrected chi connectivity index (χ0v) is 15.8. The summed E-state index contributed by atoms with van der Waals surface area (Å²) in [5, 5.41) is 0.496. The van der Waals surface area contributed by atoms with Crippen LogP contribution in [0.25, 0.3) is 0 Å². The summed E-state index contributed by atoms with van der Waals surface area (Å²) in [7, 11) is 0. The molecule has 0 atom stereocenters. The quantitative estimate of drug-likeness (QED) is 0.802. The molecule has 3 heterocycles. The minimum absolute atomic E-state index is 0.0167. The number of hydrogen-bond acceptors (Lipinski definition) is 6. The fourth-order valence-corrected chi connectivity index (χ4v) is 3.59. The molecule has 1 amide bonds. The Hall–Kier alpha value is -2.38. The van der Waals surface area contributed by atoms with E-state index in [-0.39, 0.29) is 5.91 Å². The Morgan fingerprint density at radius 2 is 1.70 bits per heavy atom. The Balaban J connectivity index is 1.40. The number of carbonyl (C=O) groups is 1. The molecule has 142 valence electrons. The fourth-order valence-electron chi connectivity index (χ4n) is 3.37. The topological polar surface area (TPSA) is 61.8 Å². The third kappa shape index (κ3) is 3.99. The summed E-state index contributed by atoms with van der Waals surface area (Å²) in [4.78, 5) is 28.0. The highest BCUT2D eigenvalue weighted by molar-refractivity contribution is 6.33. The summed E-state index contributed by atoms with van der Waals surface area (Å²) in [6.45, 7) is 5.77. The number of piperazine rings is 1. The van der Waals surface area contributed by atoms with Crippen LogP contribution in [0.15, 0.2) is 36.5 Å². The lowest BCUT2D eigenvalue weighted by Crippen LogP contribution is -2.49. The van der Waals surface area contributed by atoms with E-state index in [1.807, 2.05) is 23.1 Å². The molecule has 1 aromatic heterocycles. The SMILES string of the molecule is O=C(c1ccccc1Cl)N1CCN(c2ccnc(N3CCOCC3)n2)CC1. The van der Waals surface area contributed by atoms with Gasteiger partial charge >= 0.3 is 0 Å². The minimum atomic E-state index is -0.0167. The van der Waals surface area contributed by atoms with E-state index in [1.165, 1.54) is 0 Å². The van der Waals surface area contributed by atoms with Crippen LogP contribution in [0.4, 0.5) is 11.8 Å². The summed E-state index contributed by atoms with van der Waals surface area (Å²) in [5.74, 6) is 1.62. The van der Waals surface area contributed by atoms with E-state index in [1.54, 1.807) is 18.3 Å². The number of morpholine rings is 1. The van der Waals surface area contributed by atoms with Gasteiger partial charge in [0, 0.05) is 45.5 Å². The molecule has 8 heteroatoms. The number of rotatable bonds is 3. The summed E-state index contributed by atoms with van der Waals surface area (Å²) in [5.41, 5.74) is 0.559. The Labute approximate surface area is 163 Å². The van der Waals surface area contributed by atoms with Crippen molar-refractivity contribution < 1.29 is 9.53 Å². The number of aromatic nitrogens is 2. The van der Waals surface area contributed by atoms with E-state index in [9.17, 15) is 4.79 Å². The highest BCUT2D eigenvalue weighted by Gasteiger charge is 2.24. The van der Waals surface area contributed by atoms with Crippen LogP contribution >= 0.6 is 11.6 Å². The molecule has 7 nitrogen and oxygen atoms in total. The van der Waals surface area contributed by atoms with Crippen molar-refractivity contribution in [3.63, 3.8) is 0 Å². The maximum atomic E-state index is 12.7. The second-order valence-corrected chi connectivity index (χ2v) is 6.98. The number of anilines is 2. The number of carbonyl (C=O) groups excluding carboxylic acids is 1. The van der Waals surface area contributed by atoms with Gasteiger partial charge in [-0.1, -0.05) is 23.7 Å². The van der Waals surface area contributed by atoms with Crippen molar-refractivity contribution in [1.82, 2.24) is 14.9 Å². The fraction of sp³-hybridized carbons (Fsp3) is 0.421. The number of amides is 1. The van der Waals surface area contributed by atoms with Crippen LogP contribution in [-0.4, -0.2) is 73.3 Å². The van der Waals surface area contributed by atoms with Gasteiger partial charge in [0.05, 0.1) is 23.8 Å². The Kier molecular flexibility index (Phi) is 5.40. The van der Waals surface area contributed by atoms with Gasteiger partial charge < -0.3 is 19.4 Å². The van der Waals surface area contributed by atoms with Gasteiger partial charge in [0.25, 0.3) is 5.91 Å². The van der Waals surface area contributed by atoms with Crippen LogP contribution in [0.1, 0.15) is 10.4 Å². The molecule has 2 aromatic rings. The van der Waals surface area contributed by atoms with E-state index in [0.29, 0.717) is 36.9 Å². The van der Waals surface area contributed by atoms with Crippen molar-refractivity contribution >= 4 is 29.3 Å². The van der Waals surface area contributed by atoms with Crippen LogP contribution in [0.5, 0.6) is 0 Å². The van der Waals surface area contributed by atoms with Gasteiger partial charge in [0.1, 0.15) is 5.82 Å². The molecule has 2 saturated heterocycles. The molecule has 27 heavy (non-hydrogen) atoms. The molecule has 0 radical (unpaired) electrons. The third-order valence-electron chi connectivity index (χ3n) is 4.92. The van der Waals surface area contributed by atoms with Gasteiger partial charge in [0.2, 0.25) is 5.95 Å². The Bertz CT molecular complexity index is 804. The van der Waals surface area contributed by atoms with E-state index in [4.69, 9.17) is 21.3 Å². The standard InChI is InChI=1S/C19H22ClN5O2/c20-16-4-2-1-3-15(16)18(26)24-9-7-23(8-10-24)17-5-6-21-19(22-17)25-11-13-27-14-12-25/h1-6H,7-14H2. The van der Waals surface area contributed by atoms with Crippen molar-refractivity contribution in [2.24, 2.45) is 0 Å². The summed E-state index contributed by atoms with van der Waals surface area (Å²) in [6, 6.07) is 9.12. The zero-order chi connectivity index (χ0) is 18.6. The van der Waals surface area contributed by atoms with E-state index >= 15 is 0 Å². The predicted octanol–water partition coefficient (Wildman–Crippen LogP) is 1.93. The summed E-state index contributed by atoms with van der Waals surface area (Å²) >= 11 is 6.17. The maximum absolute atomic E-state index is 12.7. The molecule has 0 spiro atoms. The van der Waals surface area contributed by atoms with Crippen LogP contribution in [-0.2, 0) is 4.74 Å². The maximum Gasteiger partial charge on any atom is 0.255 e. The van der Waals surface area contributed by atoms with Crippen molar-refractivity contribution in [3.8, 4) is 0 Å². The Morgan fingerprint density at radius 3 is 2.44 bits per heavy atom. The summed E-state index contributed by atoms with van der Waals surface area (Å²) < 4.78 is 5.39.